The van der Waals surface area contributed by atoms with E-state index in [1.807, 2.05) is 30.3 Å². The number of benzene rings is 1. The van der Waals surface area contributed by atoms with Gasteiger partial charge in [-0.1, -0.05) is 34.1 Å². The first-order chi connectivity index (χ1) is 6.33. The van der Waals surface area contributed by atoms with Gasteiger partial charge in [-0.2, -0.15) is 0 Å². The van der Waals surface area contributed by atoms with E-state index in [1.165, 1.54) is 0 Å². The number of alkyl halides is 1. The van der Waals surface area contributed by atoms with Crippen LogP contribution in [-0.2, 0) is 5.45 Å². The summed E-state index contributed by atoms with van der Waals surface area (Å²) in [6, 6.07) is 11.3. The molecule has 0 radical (unpaired) electrons. The van der Waals surface area contributed by atoms with Crippen LogP contribution in [0.25, 0.3) is 10.9 Å². The summed E-state index contributed by atoms with van der Waals surface area (Å²) >= 11 is 3.29. The molecule has 0 aliphatic heterocycles. The van der Waals surface area contributed by atoms with E-state index in [2.05, 4.69) is 15.9 Å². The van der Waals surface area contributed by atoms with Gasteiger partial charge in [-0.15, -0.1) is 0 Å². The summed E-state index contributed by atoms with van der Waals surface area (Å²) in [5, 5.41) is 1.08. The van der Waals surface area contributed by atoms with Crippen molar-refractivity contribution in [3.05, 3.63) is 46.8 Å². The molecule has 1 aromatic carbocycles. The molecule has 1 aromatic heterocycles. The molecule has 0 saturated heterocycles. The molecule has 0 spiro atoms. The maximum absolute atomic E-state index is 11.4. The molecule has 0 unspecified atom stereocenters. The summed E-state index contributed by atoms with van der Waals surface area (Å²) in [6.07, 6.45) is 0. The van der Waals surface area contributed by atoms with Crippen LogP contribution < -0.4 is 5.56 Å². The third-order valence-electron chi connectivity index (χ3n) is 2.02. The summed E-state index contributed by atoms with van der Waals surface area (Å²) in [6.45, 7) is 0. The Morgan fingerprint density at radius 2 is 1.92 bits per heavy atom. The number of hydrogen-bond donors (Lipinski definition) is 0. The summed E-state index contributed by atoms with van der Waals surface area (Å²) in [5.41, 5.74) is 1.52. The van der Waals surface area contributed by atoms with Gasteiger partial charge < -0.3 is 0 Å². The van der Waals surface area contributed by atoms with Crippen LogP contribution in [0.1, 0.15) is 0 Å². The van der Waals surface area contributed by atoms with Gasteiger partial charge in [-0.05, 0) is 17.5 Å². The molecule has 2 nitrogen and oxygen atoms in total. The van der Waals surface area contributed by atoms with E-state index in [-0.39, 0.29) is 5.56 Å². The summed E-state index contributed by atoms with van der Waals surface area (Å²) < 4.78 is 1.69. The van der Waals surface area contributed by atoms with Gasteiger partial charge in [0.1, 0.15) is 0 Å². The second kappa shape index (κ2) is 3.34. The summed E-state index contributed by atoms with van der Waals surface area (Å²) in [5.74, 6) is 0. The zero-order valence-electron chi connectivity index (χ0n) is 6.90. The number of fused-ring (bicyclic) bond motifs is 1. The quantitative estimate of drug-likeness (QED) is 0.699. The van der Waals surface area contributed by atoms with Crippen LogP contribution in [0.15, 0.2) is 41.2 Å². The van der Waals surface area contributed by atoms with Crippen molar-refractivity contribution in [3.63, 3.8) is 0 Å². The van der Waals surface area contributed by atoms with Crippen molar-refractivity contribution in [1.29, 1.82) is 0 Å². The van der Waals surface area contributed by atoms with Crippen LogP contribution in [0.2, 0.25) is 0 Å². The molecule has 2 rings (SSSR count). The lowest BCUT2D eigenvalue weighted by molar-refractivity contribution is 0.894. The number of pyridine rings is 1. The molecular formula is C10H8BrNO. The average Bonchev–Trinajstić information content (AvgIpc) is 2.18. The smallest absolute Gasteiger partial charge is 0.251 e. The number of halogens is 1. The van der Waals surface area contributed by atoms with Crippen molar-refractivity contribution in [2.75, 3.05) is 0 Å². The molecule has 0 bridgehead atoms. The minimum atomic E-state index is 0.0237. The normalized spacial score (nSPS) is 10.5. The highest BCUT2D eigenvalue weighted by Crippen LogP contribution is 2.11. The van der Waals surface area contributed by atoms with Gasteiger partial charge >= 0.3 is 0 Å². The first-order valence-electron chi connectivity index (χ1n) is 3.97. The van der Waals surface area contributed by atoms with Crippen molar-refractivity contribution in [3.8, 4) is 0 Å². The van der Waals surface area contributed by atoms with Crippen molar-refractivity contribution in [2.45, 2.75) is 5.45 Å². The van der Waals surface area contributed by atoms with Crippen LogP contribution in [0.3, 0.4) is 0 Å². The lowest BCUT2D eigenvalue weighted by Gasteiger charge is -2.04. The Labute approximate surface area is 83.9 Å². The number of aromatic nitrogens is 1. The van der Waals surface area contributed by atoms with E-state index >= 15 is 0 Å². The van der Waals surface area contributed by atoms with E-state index in [9.17, 15) is 4.79 Å². The fourth-order valence-electron chi connectivity index (χ4n) is 1.37. The molecule has 3 heteroatoms. The zero-order valence-corrected chi connectivity index (χ0v) is 8.49. The van der Waals surface area contributed by atoms with Gasteiger partial charge in [-0.25, -0.2) is 0 Å². The van der Waals surface area contributed by atoms with Gasteiger partial charge in [0, 0.05) is 6.07 Å². The number of hydrogen-bond acceptors (Lipinski definition) is 1. The Balaban J connectivity index is 2.92. The molecule has 0 fully saturated rings. The number of rotatable bonds is 1. The molecule has 0 saturated carbocycles. The first-order valence-corrected chi connectivity index (χ1v) is 5.09. The van der Waals surface area contributed by atoms with Gasteiger partial charge in [0.05, 0.1) is 11.0 Å². The average molecular weight is 238 g/mol. The third-order valence-corrected chi connectivity index (χ3v) is 2.52. The molecule has 2 aromatic rings. The Bertz CT molecular complexity index is 489. The van der Waals surface area contributed by atoms with Crippen molar-refractivity contribution >= 4 is 26.8 Å². The zero-order chi connectivity index (χ0) is 9.26. The van der Waals surface area contributed by atoms with Crippen LogP contribution in [0.4, 0.5) is 0 Å². The maximum atomic E-state index is 11.4. The summed E-state index contributed by atoms with van der Waals surface area (Å²) in [7, 11) is 0. The van der Waals surface area contributed by atoms with Crippen molar-refractivity contribution in [2.24, 2.45) is 0 Å². The molecule has 0 N–H and O–H groups in total. The van der Waals surface area contributed by atoms with E-state index < -0.39 is 0 Å². The molecule has 0 atom stereocenters. The standard InChI is InChI=1S/C10H8BrNO/c11-7-12-9-4-2-1-3-8(9)5-6-10(12)13/h1-6H,7H2. The SMILES string of the molecule is O=c1ccc2ccccc2n1CBr. The highest BCUT2D eigenvalue weighted by molar-refractivity contribution is 9.08. The highest BCUT2D eigenvalue weighted by Gasteiger charge is 1.98. The highest BCUT2D eigenvalue weighted by atomic mass is 79.9. The first kappa shape index (κ1) is 8.51. The molecular weight excluding hydrogens is 230 g/mol. The van der Waals surface area contributed by atoms with Gasteiger partial charge in [0.2, 0.25) is 0 Å². The fourth-order valence-corrected chi connectivity index (χ4v) is 1.88. The lowest BCUT2D eigenvalue weighted by atomic mass is 10.2. The van der Waals surface area contributed by atoms with Gasteiger partial charge in [-0.3, -0.25) is 9.36 Å². The number of nitrogens with zero attached hydrogens (tertiary/aromatic N) is 1. The Morgan fingerprint density at radius 3 is 2.69 bits per heavy atom. The van der Waals surface area contributed by atoms with Crippen molar-refractivity contribution < 1.29 is 0 Å². The Morgan fingerprint density at radius 1 is 1.15 bits per heavy atom. The van der Waals surface area contributed by atoms with E-state index in [1.54, 1.807) is 10.6 Å². The second-order valence-corrected chi connectivity index (χ2v) is 3.28. The maximum Gasteiger partial charge on any atom is 0.251 e. The van der Waals surface area contributed by atoms with E-state index in [4.69, 9.17) is 0 Å². The third kappa shape index (κ3) is 1.40. The second-order valence-electron chi connectivity index (χ2n) is 2.78. The molecule has 0 aliphatic rings. The van der Waals surface area contributed by atoms with Crippen LogP contribution in [-0.4, -0.2) is 4.57 Å². The predicted octanol–water partition coefficient (Wildman–Crippen LogP) is 2.35. The molecule has 1 heterocycles. The van der Waals surface area contributed by atoms with Gasteiger partial charge in [0.25, 0.3) is 5.56 Å². The minimum absolute atomic E-state index is 0.0237. The largest absolute Gasteiger partial charge is 0.298 e. The van der Waals surface area contributed by atoms with Crippen LogP contribution in [0, 0.1) is 0 Å². The Hall–Kier alpha value is -1.09. The van der Waals surface area contributed by atoms with E-state index in [0.717, 1.165) is 10.9 Å². The van der Waals surface area contributed by atoms with Crippen LogP contribution >= 0.6 is 15.9 Å². The van der Waals surface area contributed by atoms with E-state index in [0.29, 0.717) is 5.45 Å². The lowest BCUT2D eigenvalue weighted by Crippen LogP contribution is -2.16. The van der Waals surface area contributed by atoms with Crippen LogP contribution in [0.5, 0.6) is 0 Å². The van der Waals surface area contributed by atoms with Crippen molar-refractivity contribution in [1.82, 2.24) is 4.57 Å². The fraction of sp³-hybridized carbons (Fsp3) is 0.100. The Kier molecular flexibility index (Phi) is 2.19. The number of para-hydroxylation sites is 1. The minimum Gasteiger partial charge on any atom is -0.298 e. The molecule has 13 heavy (non-hydrogen) atoms. The molecule has 66 valence electrons. The predicted molar refractivity (Wildman–Crippen MR) is 57.1 cm³/mol. The molecule has 0 aliphatic carbocycles. The topological polar surface area (TPSA) is 22.0 Å². The molecule has 0 amide bonds. The summed E-state index contributed by atoms with van der Waals surface area (Å²) in [4.78, 5) is 11.4. The van der Waals surface area contributed by atoms with Gasteiger partial charge in [0.15, 0.2) is 0 Å². The monoisotopic (exact) mass is 237 g/mol.